The molecule has 1 atom stereocenters. The zero-order chi connectivity index (χ0) is 22.6. The molecule has 0 saturated heterocycles. The summed E-state index contributed by atoms with van der Waals surface area (Å²) in [5.41, 5.74) is 4.88. The molecule has 0 fully saturated rings. The van der Waals surface area contributed by atoms with Crippen LogP contribution in [-0.2, 0) is 19.3 Å². The zero-order valence-corrected chi connectivity index (χ0v) is 19.0. The molecule has 7 heteroatoms. The highest BCUT2D eigenvalue weighted by Crippen LogP contribution is 2.33. The molecular formula is C24H27NO5S. The fourth-order valence-electron chi connectivity index (χ4n) is 3.56. The maximum Gasteiger partial charge on any atom is 0.508 e. The fraction of sp³-hybridized carbons (Fsp3) is 0.292. The Labute approximate surface area is 183 Å². The number of carbonyl (C=O) groups excluding carboxylic acids is 1. The molecule has 1 heterocycles. The number of rotatable bonds is 7. The van der Waals surface area contributed by atoms with Crippen molar-refractivity contribution in [2.24, 2.45) is 0 Å². The molecule has 1 aromatic heterocycles. The number of sulfone groups is 1. The number of ether oxygens (including phenoxy) is 2. The summed E-state index contributed by atoms with van der Waals surface area (Å²) >= 11 is 0. The van der Waals surface area contributed by atoms with Gasteiger partial charge in [-0.15, -0.1) is 0 Å². The average Bonchev–Trinajstić information content (AvgIpc) is 3.09. The molecule has 2 aromatic carbocycles. The molecular weight excluding hydrogens is 414 g/mol. The van der Waals surface area contributed by atoms with Gasteiger partial charge in [-0.3, -0.25) is 0 Å². The van der Waals surface area contributed by atoms with E-state index in [0.717, 1.165) is 28.2 Å². The average molecular weight is 442 g/mol. The molecule has 31 heavy (non-hydrogen) atoms. The Morgan fingerprint density at radius 3 is 2.26 bits per heavy atom. The molecule has 0 saturated carbocycles. The lowest BCUT2D eigenvalue weighted by molar-refractivity contribution is 0.0556. The third-order valence-corrected chi connectivity index (χ3v) is 6.25. The molecule has 1 unspecified atom stereocenters. The molecule has 0 aliphatic carbocycles. The number of hydrogen-bond acceptors (Lipinski definition) is 5. The van der Waals surface area contributed by atoms with Gasteiger partial charge in [-0.2, -0.15) is 0 Å². The third kappa shape index (κ3) is 5.17. The molecule has 3 aromatic rings. The predicted molar refractivity (Wildman–Crippen MR) is 120 cm³/mol. The summed E-state index contributed by atoms with van der Waals surface area (Å²) in [6.07, 6.45) is 0.522. The van der Waals surface area contributed by atoms with Crippen molar-refractivity contribution in [1.82, 2.24) is 4.57 Å². The van der Waals surface area contributed by atoms with E-state index in [1.54, 1.807) is 19.1 Å². The largest absolute Gasteiger partial charge is 0.508 e. The number of aromatic nitrogens is 1. The van der Waals surface area contributed by atoms with E-state index >= 15 is 0 Å². The second-order valence-corrected chi connectivity index (χ2v) is 9.45. The van der Waals surface area contributed by atoms with Gasteiger partial charge < -0.3 is 14.0 Å². The maximum atomic E-state index is 11.8. The van der Waals surface area contributed by atoms with Crippen LogP contribution in [0.25, 0.3) is 16.9 Å². The van der Waals surface area contributed by atoms with Crippen LogP contribution in [0.5, 0.6) is 0 Å². The van der Waals surface area contributed by atoms with Crippen molar-refractivity contribution >= 4 is 16.0 Å². The Bertz CT molecular complexity index is 1150. The lowest BCUT2D eigenvalue weighted by atomic mass is 10.0. The molecule has 0 bridgehead atoms. The van der Waals surface area contributed by atoms with Gasteiger partial charge in [-0.1, -0.05) is 37.3 Å². The van der Waals surface area contributed by atoms with Crippen LogP contribution < -0.4 is 0 Å². The summed E-state index contributed by atoms with van der Waals surface area (Å²) < 4.78 is 35.9. The highest BCUT2D eigenvalue weighted by Gasteiger charge is 2.20. The number of nitrogens with zero attached hydrogens (tertiary/aromatic N) is 1. The van der Waals surface area contributed by atoms with E-state index in [1.807, 2.05) is 56.3 Å². The Kier molecular flexibility index (Phi) is 6.85. The van der Waals surface area contributed by atoms with Gasteiger partial charge >= 0.3 is 6.16 Å². The van der Waals surface area contributed by atoms with Crippen molar-refractivity contribution in [2.75, 3.05) is 19.5 Å². The Hall–Kier alpha value is -3.06. The van der Waals surface area contributed by atoms with E-state index in [2.05, 4.69) is 10.6 Å². The van der Waals surface area contributed by atoms with Crippen molar-refractivity contribution in [3.05, 3.63) is 71.9 Å². The van der Waals surface area contributed by atoms with Gasteiger partial charge in [0.1, 0.15) is 6.61 Å². The van der Waals surface area contributed by atoms with Crippen molar-refractivity contribution in [2.45, 2.75) is 31.6 Å². The first-order chi connectivity index (χ1) is 14.7. The van der Waals surface area contributed by atoms with Crippen LogP contribution in [0, 0.1) is 6.92 Å². The molecule has 0 aliphatic rings. The van der Waals surface area contributed by atoms with Gasteiger partial charge in [0.2, 0.25) is 0 Å². The molecule has 3 rings (SSSR count). The van der Waals surface area contributed by atoms with Gasteiger partial charge in [-0.05, 0) is 55.3 Å². The minimum absolute atomic E-state index is 0.0524. The normalized spacial score (nSPS) is 12.4. The molecule has 0 amide bonds. The molecule has 0 aliphatic heterocycles. The second-order valence-electron chi connectivity index (χ2n) is 7.43. The molecule has 164 valence electrons. The van der Waals surface area contributed by atoms with E-state index in [1.165, 1.54) is 6.26 Å². The highest BCUT2D eigenvalue weighted by atomic mass is 32.2. The van der Waals surface area contributed by atoms with Crippen LogP contribution in [0.4, 0.5) is 4.79 Å². The smallest absolute Gasteiger partial charge is 0.435 e. The van der Waals surface area contributed by atoms with Crippen LogP contribution in [-0.4, -0.2) is 38.6 Å². The maximum absolute atomic E-state index is 11.8. The van der Waals surface area contributed by atoms with Crippen molar-refractivity contribution < 1.29 is 22.7 Å². The Morgan fingerprint density at radius 2 is 1.68 bits per heavy atom. The van der Waals surface area contributed by atoms with E-state index in [-0.39, 0.29) is 24.0 Å². The van der Waals surface area contributed by atoms with Gasteiger partial charge in [0, 0.05) is 23.6 Å². The van der Waals surface area contributed by atoms with Crippen molar-refractivity contribution in [3.63, 3.8) is 0 Å². The summed E-state index contributed by atoms with van der Waals surface area (Å²) in [6, 6.07) is 18.9. The SMILES string of the molecule is CCOC(=O)OCC(C)c1cc(-c2ccc(S(C)(=O)=O)cc2)n(-c2ccccc2)c1C. The lowest BCUT2D eigenvalue weighted by Gasteiger charge is -2.14. The molecule has 0 spiro atoms. The second kappa shape index (κ2) is 9.39. The summed E-state index contributed by atoms with van der Waals surface area (Å²) in [6.45, 7) is 6.22. The van der Waals surface area contributed by atoms with Gasteiger partial charge in [0.15, 0.2) is 9.84 Å². The number of hydrogen-bond donors (Lipinski definition) is 0. The topological polar surface area (TPSA) is 74.6 Å². The molecule has 6 nitrogen and oxygen atoms in total. The van der Waals surface area contributed by atoms with E-state index < -0.39 is 16.0 Å². The number of carbonyl (C=O) groups is 1. The Balaban J connectivity index is 2.04. The van der Waals surface area contributed by atoms with Gasteiger partial charge in [0.25, 0.3) is 0 Å². The fourth-order valence-corrected chi connectivity index (χ4v) is 4.19. The quantitative estimate of drug-likeness (QED) is 0.475. The minimum Gasteiger partial charge on any atom is -0.435 e. The first kappa shape index (κ1) is 22.6. The van der Waals surface area contributed by atoms with E-state index in [9.17, 15) is 13.2 Å². The van der Waals surface area contributed by atoms with Crippen LogP contribution in [0.3, 0.4) is 0 Å². The van der Waals surface area contributed by atoms with Gasteiger partial charge in [-0.25, -0.2) is 13.2 Å². The summed E-state index contributed by atoms with van der Waals surface area (Å²) in [4.78, 5) is 11.9. The van der Waals surface area contributed by atoms with Crippen molar-refractivity contribution in [3.8, 4) is 16.9 Å². The van der Waals surface area contributed by atoms with Crippen LogP contribution in [0.2, 0.25) is 0 Å². The minimum atomic E-state index is -3.27. The van der Waals surface area contributed by atoms with Crippen LogP contribution in [0.1, 0.15) is 31.0 Å². The van der Waals surface area contributed by atoms with E-state index in [0.29, 0.717) is 0 Å². The standard InChI is InChI=1S/C24H27NO5S/c1-5-29-24(26)30-16-17(2)22-15-23(19-11-13-21(14-12-19)31(4,27)28)25(18(22)3)20-9-7-6-8-10-20/h6-15,17H,5,16H2,1-4H3. The monoisotopic (exact) mass is 441 g/mol. The van der Waals surface area contributed by atoms with Crippen LogP contribution in [0.15, 0.2) is 65.6 Å². The summed E-state index contributed by atoms with van der Waals surface area (Å²) in [5.74, 6) is -0.0524. The van der Waals surface area contributed by atoms with E-state index in [4.69, 9.17) is 9.47 Å². The lowest BCUT2D eigenvalue weighted by Crippen LogP contribution is -2.12. The zero-order valence-electron chi connectivity index (χ0n) is 18.2. The number of para-hydroxylation sites is 1. The third-order valence-electron chi connectivity index (χ3n) is 5.12. The Morgan fingerprint density at radius 1 is 1.03 bits per heavy atom. The van der Waals surface area contributed by atoms with Gasteiger partial charge in [0.05, 0.1) is 17.2 Å². The van der Waals surface area contributed by atoms with Crippen LogP contribution >= 0.6 is 0 Å². The first-order valence-electron chi connectivity index (χ1n) is 10.1. The first-order valence-corrected chi connectivity index (χ1v) is 12.0. The summed E-state index contributed by atoms with van der Waals surface area (Å²) in [7, 11) is -3.27. The molecule has 0 N–H and O–H groups in total. The van der Waals surface area contributed by atoms with Crippen molar-refractivity contribution in [1.29, 1.82) is 0 Å². The predicted octanol–water partition coefficient (Wildman–Crippen LogP) is 5.13. The highest BCUT2D eigenvalue weighted by molar-refractivity contribution is 7.90. The summed E-state index contributed by atoms with van der Waals surface area (Å²) in [5, 5.41) is 0. The molecule has 0 radical (unpaired) electrons. The number of benzene rings is 2.